The molecular weight excluding hydrogens is 282 g/mol. The number of anilines is 1. The van der Waals surface area contributed by atoms with E-state index in [4.69, 9.17) is 0 Å². The third-order valence-corrected chi connectivity index (χ3v) is 4.26. The van der Waals surface area contributed by atoms with E-state index in [0.29, 0.717) is 39.3 Å². The van der Waals surface area contributed by atoms with Gasteiger partial charge < -0.3 is 14.7 Å². The molecule has 2 aliphatic rings. The lowest BCUT2D eigenvalue weighted by Crippen LogP contribution is -2.53. The quantitative estimate of drug-likeness (QED) is 0.686. The zero-order valence-electron chi connectivity index (χ0n) is 12.9. The minimum Gasteiger partial charge on any atom is -0.353 e. The lowest BCUT2D eigenvalue weighted by atomic mass is 10.3. The number of carbonyl (C=O) groups excluding carboxylic acids is 2. The molecule has 1 aromatic rings. The number of aromatic nitrogens is 2. The summed E-state index contributed by atoms with van der Waals surface area (Å²) in [5, 5.41) is 0. The second kappa shape index (κ2) is 6.29. The van der Waals surface area contributed by atoms with Crippen molar-refractivity contribution in [2.45, 2.75) is 19.8 Å². The molecular formula is C15H21N5O2. The van der Waals surface area contributed by atoms with Crippen LogP contribution in [0.4, 0.5) is 5.82 Å². The van der Waals surface area contributed by atoms with Crippen molar-refractivity contribution in [2.24, 2.45) is 0 Å². The summed E-state index contributed by atoms with van der Waals surface area (Å²) in [6.45, 7) is 5.85. The predicted octanol–water partition coefficient (Wildman–Crippen LogP) is 0.0560. The molecule has 0 saturated carbocycles. The Balaban J connectivity index is 1.57. The van der Waals surface area contributed by atoms with Crippen LogP contribution >= 0.6 is 0 Å². The fraction of sp³-hybridized carbons (Fsp3) is 0.600. The van der Waals surface area contributed by atoms with Gasteiger partial charge in [0.05, 0.1) is 0 Å². The van der Waals surface area contributed by atoms with Crippen molar-refractivity contribution in [1.82, 2.24) is 19.8 Å². The summed E-state index contributed by atoms with van der Waals surface area (Å²) in [5.74, 6) is 0.176. The van der Waals surface area contributed by atoms with E-state index in [9.17, 15) is 9.59 Å². The summed E-state index contributed by atoms with van der Waals surface area (Å²) >= 11 is 0. The highest BCUT2D eigenvalue weighted by Gasteiger charge is 2.30. The highest BCUT2D eigenvalue weighted by atomic mass is 16.2. The number of nitrogens with zero attached hydrogens (tertiary/aromatic N) is 5. The van der Waals surface area contributed by atoms with Gasteiger partial charge in [-0.3, -0.25) is 9.59 Å². The summed E-state index contributed by atoms with van der Waals surface area (Å²) < 4.78 is 0. The van der Waals surface area contributed by atoms with Gasteiger partial charge in [0, 0.05) is 51.0 Å². The molecule has 2 amide bonds. The molecule has 118 valence electrons. The molecule has 2 fully saturated rings. The topological polar surface area (TPSA) is 69.6 Å². The maximum absolute atomic E-state index is 12.3. The first-order valence-corrected chi connectivity index (χ1v) is 7.77. The maximum Gasteiger partial charge on any atom is 0.312 e. The summed E-state index contributed by atoms with van der Waals surface area (Å²) in [5.41, 5.74) is 0.924. The van der Waals surface area contributed by atoms with Crippen LogP contribution in [0, 0.1) is 6.92 Å². The highest BCUT2D eigenvalue weighted by molar-refractivity contribution is 6.35. The monoisotopic (exact) mass is 303 g/mol. The van der Waals surface area contributed by atoms with Crippen LogP contribution in [0.5, 0.6) is 0 Å². The number of carbonyl (C=O) groups is 2. The highest BCUT2D eigenvalue weighted by Crippen LogP contribution is 2.15. The first kappa shape index (κ1) is 14.7. The third kappa shape index (κ3) is 3.03. The van der Waals surface area contributed by atoms with Gasteiger partial charge in [-0.2, -0.15) is 0 Å². The van der Waals surface area contributed by atoms with Crippen molar-refractivity contribution in [3.63, 3.8) is 0 Å². The molecule has 3 heterocycles. The van der Waals surface area contributed by atoms with Gasteiger partial charge >= 0.3 is 11.8 Å². The van der Waals surface area contributed by atoms with Crippen molar-refractivity contribution < 1.29 is 9.59 Å². The van der Waals surface area contributed by atoms with Crippen LogP contribution in [-0.2, 0) is 9.59 Å². The van der Waals surface area contributed by atoms with E-state index in [0.717, 1.165) is 24.4 Å². The molecule has 0 aliphatic carbocycles. The second-order valence-corrected chi connectivity index (χ2v) is 5.80. The van der Waals surface area contributed by atoms with Gasteiger partial charge in [0.25, 0.3) is 0 Å². The van der Waals surface area contributed by atoms with E-state index in [1.807, 2.05) is 13.0 Å². The smallest absolute Gasteiger partial charge is 0.312 e. The van der Waals surface area contributed by atoms with E-state index in [2.05, 4.69) is 14.9 Å². The maximum atomic E-state index is 12.3. The predicted molar refractivity (Wildman–Crippen MR) is 81.4 cm³/mol. The van der Waals surface area contributed by atoms with Gasteiger partial charge in [-0.1, -0.05) is 0 Å². The van der Waals surface area contributed by atoms with Crippen LogP contribution in [0.1, 0.15) is 18.5 Å². The van der Waals surface area contributed by atoms with Gasteiger partial charge in [-0.15, -0.1) is 0 Å². The Labute approximate surface area is 129 Å². The Bertz CT molecular complexity index is 563. The molecule has 2 saturated heterocycles. The Morgan fingerprint density at radius 3 is 2.09 bits per heavy atom. The first-order chi connectivity index (χ1) is 10.6. The van der Waals surface area contributed by atoms with Crippen molar-refractivity contribution in [3.05, 3.63) is 18.1 Å². The van der Waals surface area contributed by atoms with Crippen LogP contribution < -0.4 is 4.90 Å². The van der Waals surface area contributed by atoms with Gasteiger partial charge in [0.1, 0.15) is 12.1 Å². The van der Waals surface area contributed by atoms with Crippen molar-refractivity contribution in [2.75, 3.05) is 44.2 Å². The van der Waals surface area contributed by atoms with Gasteiger partial charge in [-0.05, 0) is 19.8 Å². The molecule has 2 aliphatic heterocycles. The minimum absolute atomic E-state index is 0.344. The average molecular weight is 303 g/mol. The molecule has 0 atom stereocenters. The van der Waals surface area contributed by atoms with Crippen molar-refractivity contribution >= 4 is 17.6 Å². The standard InChI is InChI=1S/C15H21N5O2/c1-12-10-13(17-11-16-12)18-6-8-20(9-7-18)15(22)14(21)19-4-2-3-5-19/h10-11H,2-9H2,1H3. The lowest BCUT2D eigenvalue weighted by molar-refractivity contribution is -0.151. The molecule has 0 aromatic carbocycles. The number of piperazine rings is 1. The minimum atomic E-state index is -0.361. The Hall–Kier alpha value is -2.18. The molecule has 0 bridgehead atoms. The first-order valence-electron chi connectivity index (χ1n) is 7.77. The van der Waals surface area contributed by atoms with Gasteiger partial charge in [0.2, 0.25) is 0 Å². The molecule has 0 unspecified atom stereocenters. The zero-order valence-corrected chi connectivity index (χ0v) is 12.9. The van der Waals surface area contributed by atoms with Crippen LogP contribution in [0.2, 0.25) is 0 Å². The molecule has 0 radical (unpaired) electrons. The largest absolute Gasteiger partial charge is 0.353 e. The number of rotatable bonds is 1. The van der Waals surface area contributed by atoms with Crippen molar-refractivity contribution in [1.29, 1.82) is 0 Å². The van der Waals surface area contributed by atoms with Gasteiger partial charge in [0.15, 0.2) is 0 Å². The Kier molecular flexibility index (Phi) is 4.22. The summed E-state index contributed by atoms with van der Waals surface area (Å²) in [6, 6.07) is 1.94. The molecule has 7 nitrogen and oxygen atoms in total. The Morgan fingerprint density at radius 1 is 0.909 bits per heavy atom. The van der Waals surface area contributed by atoms with Gasteiger partial charge in [-0.25, -0.2) is 9.97 Å². The average Bonchev–Trinajstić information content (AvgIpc) is 3.08. The normalized spacial score (nSPS) is 18.7. The van der Waals surface area contributed by atoms with Crippen molar-refractivity contribution in [3.8, 4) is 0 Å². The zero-order chi connectivity index (χ0) is 15.5. The molecule has 7 heteroatoms. The van der Waals surface area contributed by atoms with Crippen LogP contribution in [0.25, 0.3) is 0 Å². The molecule has 22 heavy (non-hydrogen) atoms. The van der Waals surface area contributed by atoms with E-state index in [1.165, 1.54) is 0 Å². The Morgan fingerprint density at radius 2 is 1.50 bits per heavy atom. The van der Waals surface area contributed by atoms with Crippen LogP contribution in [0.15, 0.2) is 12.4 Å². The van der Waals surface area contributed by atoms with E-state index in [1.54, 1.807) is 16.1 Å². The molecule has 0 N–H and O–H groups in total. The number of likely N-dealkylation sites (tertiary alicyclic amines) is 1. The van der Waals surface area contributed by atoms with Crippen LogP contribution in [0.3, 0.4) is 0 Å². The third-order valence-electron chi connectivity index (χ3n) is 4.26. The van der Waals surface area contributed by atoms with E-state index in [-0.39, 0.29) is 11.8 Å². The van der Waals surface area contributed by atoms with E-state index >= 15 is 0 Å². The molecule has 1 aromatic heterocycles. The SMILES string of the molecule is Cc1cc(N2CCN(C(=O)C(=O)N3CCCC3)CC2)ncn1. The fourth-order valence-electron chi connectivity index (χ4n) is 2.94. The number of hydrogen-bond donors (Lipinski definition) is 0. The molecule has 0 spiro atoms. The number of amides is 2. The second-order valence-electron chi connectivity index (χ2n) is 5.80. The summed E-state index contributed by atoms with van der Waals surface area (Å²) in [4.78, 5) is 38.2. The number of hydrogen-bond acceptors (Lipinski definition) is 5. The summed E-state index contributed by atoms with van der Waals surface area (Å²) in [7, 11) is 0. The van der Waals surface area contributed by atoms with E-state index < -0.39 is 0 Å². The molecule has 3 rings (SSSR count). The summed E-state index contributed by atoms with van der Waals surface area (Å²) in [6.07, 6.45) is 3.55. The fourth-order valence-corrected chi connectivity index (χ4v) is 2.94. The lowest BCUT2D eigenvalue weighted by Gasteiger charge is -2.35. The number of aryl methyl sites for hydroxylation is 1. The van der Waals surface area contributed by atoms with Crippen LogP contribution in [-0.4, -0.2) is 70.9 Å².